The first-order chi connectivity index (χ1) is 6.31. The molecular formula is C9H11NO2S. The number of carbonyl (C=O) groups is 1. The molecule has 0 atom stereocenters. The van der Waals surface area contributed by atoms with Gasteiger partial charge in [-0.15, -0.1) is 0 Å². The maximum Gasteiger partial charge on any atom is 0.273 e. The standard InChI is InChI=1S/C9H11NO2S/c1-12-9-10-5-7(13-9)8(11)6-3-2-4-6/h5-6H,2-4H2,1H3. The van der Waals surface area contributed by atoms with Gasteiger partial charge >= 0.3 is 0 Å². The first-order valence-corrected chi connectivity index (χ1v) is 5.17. The second-order valence-electron chi connectivity index (χ2n) is 3.19. The Balaban J connectivity index is 2.10. The van der Waals surface area contributed by atoms with Crippen molar-refractivity contribution in [3.63, 3.8) is 0 Å². The lowest BCUT2D eigenvalue weighted by Gasteiger charge is -2.22. The number of ketones is 1. The van der Waals surface area contributed by atoms with E-state index >= 15 is 0 Å². The number of aromatic nitrogens is 1. The predicted molar refractivity (Wildman–Crippen MR) is 50.3 cm³/mol. The highest BCUT2D eigenvalue weighted by Crippen LogP contribution is 2.32. The molecule has 3 nitrogen and oxygen atoms in total. The Labute approximate surface area is 80.8 Å². The Morgan fingerprint density at radius 3 is 2.92 bits per heavy atom. The summed E-state index contributed by atoms with van der Waals surface area (Å²) in [5, 5.41) is 0.572. The van der Waals surface area contributed by atoms with Crippen molar-refractivity contribution in [2.45, 2.75) is 19.3 Å². The number of rotatable bonds is 3. The molecule has 1 heterocycles. The van der Waals surface area contributed by atoms with Gasteiger partial charge in [-0.25, -0.2) is 4.98 Å². The van der Waals surface area contributed by atoms with Gasteiger partial charge < -0.3 is 4.74 Å². The fraction of sp³-hybridized carbons (Fsp3) is 0.556. The van der Waals surface area contributed by atoms with Crippen molar-refractivity contribution < 1.29 is 9.53 Å². The molecule has 0 N–H and O–H groups in total. The zero-order valence-corrected chi connectivity index (χ0v) is 8.26. The van der Waals surface area contributed by atoms with Crippen LogP contribution in [0.15, 0.2) is 6.20 Å². The molecule has 70 valence electrons. The average molecular weight is 197 g/mol. The molecule has 1 saturated carbocycles. The Morgan fingerprint density at radius 2 is 2.46 bits per heavy atom. The third-order valence-corrected chi connectivity index (χ3v) is 3.35. The van der Waals surface area contributed by atoms with Crippen molar-refractivity contribution in [1.29, 1.82) is 0 Å². The summed E-state index contributed by atoms with van der Waals surface area (Å²) < 4.78 is 4.93. The zero-order valence-electron chi connectivity index (χ0n) is 7.45. The normalized spacial score (nSPS) is 16.7. The van der Waals surface area contributed by atoms with E-state index in [2.05, 4.69) is 4.98 Å². The van der Waals surface area contributed by atoms with Gasteiger partial charge in [0.15, 0.2) is 5.78 Å². The minimum Gasteiger partial charge on any atom is -0.473 e. The van der Waals surface area contributed by atoms with Gasteiger partial charge in [0.05, 0.1) is 18.2 Å². The largest absolute Gasteiger partial charge is 0.473 e. The number of methoxy groups -OCH3 is 1. The van der Waals surface area contributed by atoms with Crippen LogP contribution in [0, 0.1) is 5.92 Å². The molecule has 1 aromatic rings. The van der Waals surface area contributed by atoms with E-state index in [4.69, 9.17) is 4.74 Å². The fourth-order valence-corrected chi connectivity index (χ4v) is 2.09. The Hall–Kier alpha value is -0.900. The molecule has 0 radical (unpaired) electrons. The van der Waals surface area contributed by atoms with Gasteiger partial charge in [-0.3, -0.25) is 4.79 Å². The molecule has 13 heavy (non-hydrogen) atoms. The van der Waals surface area contributed by atoms with Gasteiger partial charge in [0, 0.05) is 5.92 Å². The summed E-state index contributed by atoms with van der Waals surface area (Å²) in [6.45, 7) is 0. The highest BCUT2D eigenvalue weighted by Gasteiger charge is 2.27. The fourth-order valence-electron chi connectivity index (χ4n) is 1.34. The summed E-state index contributed by atoms with van der Waals surface area (Å²) in [6.07, 6.45) is 4.88. The van der Waals surface area contributed by atoms with Crippen LogP contribution in [0.25, 0.3) is 0 Å². The van der Waals surface area contributed by atoms with Crippen molar-refractivity contribution in [3.8, 4) is 5.19 Å². The van der Waals surface area contributed by atoms with Gasteiger partial charge in [0.1, 0.15) is 0 Å². The molecule has 0 aromatic carbocycles. The number of carbonyl (C=O) groups excluding carboxylic acids is 1. The summed E-state index contributed by atoms with van der Waals surface area (Å²) in [7, 11) is 1.57. The molecule has 0 bridgehead atoms. The van der Waals surface area contributed by atoms with Gasteiger partial charge in [-0.1, -0.05) is 17.8 Å². The van der Waals surface area contributed by atoms with Gasteiger partial charge in [0.25, 0.3) is 5.19 Å². The summed E-state index contributed by atoms with van der Waals surface area (Å²) in [6, 6.07) is 0. The lowest BCUT2D eigenvalue weighted by atomic mass is 9.82. The van der Waals surface area contributed by atoms with Crippen LogP contribution in [-0.2, 0) is 0 Å². The lowest BCUT2D eigenvalue weighted by molar-refractivity contribution is 0.0859. The van der Waals surface area contributed by atoms with Crippen LogP contribution in [-0.4, -0.2) is 17.9 Å². The first kappa shape index (κ1) is 8.69. The number of thiazole rings is 1. The molecule has 1 aliphatic rings. The van der Waals surface area contributed by atoms with Crippen LogP contribution in [0.4, 0.5) is 0 Å². The molecule has 0 aliphatic heterocycles. The van der Waals surface area contributed by atoms with Crippen LogP contribution in [0.3, 0.4) is 0 Å². The minimum atomic E-state index is 0.243. The smallest absolute Gasteiger partial charge is 0.273 e. The van der Waals surface area contributed by atoms with Crippen LogP contribution >= 0.6 is 11.3 Å². The molecular weight excluding hydrogens is 186 g/mol. The molecule has 0 spiro atoms. The second kappa shape index (κ2) is 3.46. The van der Waals surface area contributed by atoms with Crippen LogP contribution in [0.2, 0.25) is 0 Å². The summed E-state index contributed by atoms with van der Waals surface area (Å²) >= 11 is 1.34. The number of nitrogens with zero attached hydrogens (tertiary/aromatic N) is 1. The summed E-state index contributed by atoms with van der Waals surface area (Å²) in [4.78, 5) is 16.4. The van der Waals surface area contributed by atoms with Crippen molar-refractivity contribution in [3.05, 3.63) is 11.1 Å². The quantitative estimate of drug-likeness (QED) is 0.697. The Morgan fingerprint density at radius 1 is 1.69 bits per heavy atom. The molecule has 4 heteroatoms. The van der Waals surface area contributed by atoms with Crippen LogP contribution in [0.5, 0.6) is 5.19 Å². The van der Waals surface area contributed by atoms with Crippen molar-refractivity contribution in [2.24, 2.45) is 5.92 Å². The van der Waals surface area contributed by atoms with Gasteiger partial charge in [0.2, 0.25) is 0 Å². The molecule has 0 amide bonds. The number of Topliss-reactive ketones (excluding diaryl/α,β-unsaturated/α-hetero) is 1. The van der Waals surface area contributed by atoms with Gasteiger partial charge in [-0.05, 0) is 12.8 Å². The molecule has 1 fully saturated rings. The highest BCUT2D eigenvalue weighted by molar-refractivity contribution is 7.15. The van der Waals surface area contributed by atoms with E-state index in [-0.39, 0.29) is 11.7 Å². The third-order valence-electron chi connectivity index (χ3n) is 2.38. The van der Waals surface area contributed by atoms with Gasteiger partial charge in [-0.2, -0.15) is 0 Å². The van der Waals surface area contributed by atoms with E-state index in [1.807, 2.05) is 0 Å². The summed E-state index contributed by atoms with van der Waals surface area (Å²) in [5.74, 6) is 0.497. The molecule has 1 aliphatic carbocycles. The maximum atomic E-state index is 11.7. The molecule has 2 rings (SSSR count). The van der Waals surface area contributed by atoms with E-state index < -0.39 is 0 Å². The third kappa shape index (κ3) is 1.58. The van der Waals surface area contributed by atoms with Crippen molar-refractivity contribution in [2.75, 3.05) is 7.11 Å². The molecule has 0 saturated heterocycles. The number of hydrogen-bond donors (Lipinski definition) is 0. The Kier molecular flexibility index (Phi) is 2.31. The average Bonchev–Trinajstić information content (AvgIpc) is 2.48. The Bertz CT molecular complexity index is 317. The minimum absolute atomic E-state index is 0.243. The SMILES string of the molecule is COc1ncc(C(=O)C2CCC2)s1. The van der Waals surface area contributed by atoms with E-state index in [1.54, 1.807) is 13.3 Å². The number of hydrogen-bond acceptors (Lipinski definition) is 4. The van der Waals surface area contributed by atoms with Crippen molar-refractivity contribution in [1.82, 2.24) is 4.98 Å². The van der Waals surface area contributed by atoms with Crippen molar-refractivity contribution >= 4 is 17.1 Å². The highest BCUT2D eigenvalue weighted by atomic mass is 32.1. The van der Waals surface area contributed by atoms with Crippen LogP contribution < -0.4 is 4.74 Å². The monoisotopic (exact) mass is 197 g/mol. The van der Waals surface area contributed by atoms with E-state index in [1.165, 1.54) is 17.8 Å². The van der Waals surface area contributed by atoms with Crippen LogP contribution in [0.1, 0.15) is 28.9 Å². The topological polar surface area (TPSA) is 39.2 Å². The lowest BCUT2D eigenvalue weighted by Crippen LogP contribution is -2.20. The predicted octanol–water partition coefficient (Wildman–Crippen LogP) is 2.13. The van der Waals surface area contributed by atoms with E-state index in [0.717, 1.165) is 17.7 Å². The van der Waals surface area contributed by atoms with E-state index in [9.17, 15) is 4.79 Å². The second-order valence-corrected chi connectivity index (χ2v) is 4.18. The first-order valence-electron chi connectivity index (χ1n) is 4.35. The van der Waals surface area contributed by atoms with E-state index in [0.29, 0.717) is 5.19 Å². The number of ether oxygens (including phenoxy) is 1. The molecule has 0 unspecified atom stereocenters. The molecule has 1 aromatic heterocycles. The zero-order chi connectivity index (χ0) is 9.26. The maximum absolute atomic E-state index is 11.7. The summed E-state index contributed by atoms with van der Waals surface area (Å²) in [5.41, 5.74) is 0.